The molecule has 0 saturated carbocycles. The number of carbonyl (C=O) groups excluding carboxylic acids is 1. The molecule has 0 aliphatic carbocycles. The molecule has 2 aromatic carbocycles. The van der Waals surface area contributed by atoms with Gasteiger partial charge in [-0.2, -0.15) is 0 Å². The van der Waals surface area contributed by atoms with Gasteiger partial charge in [-0.05, 0) is 48.9 Å². The van der Waals surface area contributed by atoms with Crippen molar-refractivity contribution in [3.05, 3.63) is 59.2 Å². The van der Waals surface area contributed by atoms with Gasteiger partial charge in [0.05, 0.1) is 12.7 Å². The molecule has 2 heterocycles. The molecular formula is C19H16O6. The maximum atomic E-state index is 12.5. The molecule has 0 radical (unpaired) electrons. The molecule has 2 aromatic rings. The molecule has 2 aliphatic rings. The Bertz CT molecular complexity index is 883. The molecule has 25 heavy (non-hydrogen) atoms. The SMILES string of the molecule is COc1ccc(C2(O)OC(=O)C(c3ccc4c(c3)OCO4)=C2C)cc1. The molecule has 0 saturated heterocycles. The number of carbonyl (C=O) groups is 1. The van der Waals surface area contributed by atoms with E-state index in [1.165, 1.54) is 0 Å². The Morgan fingerprint density at radius 2 is 1.80 bits per heavy atom. The number of aliphatic hydroxyl groups is 1. The van der Waals surface area contributed by atoms with E-state index in [2.05, 4.69) is 0 Å². The van der Waals surface area contributed by atoms with Gasteiger partial charge in [-0.1, -0.05) is 6.07 Å². The smallest absolute Gasteiger partial charge is 0.341 e. The molecule has 128 valence electrons. The lowest BCUT2D eigenvalue weighted by molar-refractivity contribution is -0.184. The Balaban J connectivity index is 1.78. The summed E-state index contributed by atoms with van der Waals surface area (Å²) in [5.74, 6) is -0.567. The summed E-state index contributed by atoms with van der Waals surface area (Å²) in [7, 11) is 1.56. The van der Waals surface area contributed by atoms with E-state index in [-0.39, 0.29) is 6.79 Å². The van der Waals surface area contributed by atoms with Crippen molar-refractivity contribution < 1.29 is 28.8 Å². The monoisotopic (exact) mass is 340 g/mol. The average molecular weight is 340 g/mol. The van der Waals surface area contributed by atoms with Crippen molar-refractivity contribution in [2.24, 2.45) is 0 Å². The van der Waals surface area contributed by atoms with Crippen molar-refractivity contribution in [2.45, 2.75) is 12.7 Å². The number of rotatable bonds is 3. The standard InChI is InChI=1S/C19H16O6/c1-11-17(12-3-8-15-16(9-12)24-10-23-15)18(20)25-19(11,21)13-4-6-14(22-2)7-5-13/h3-9,21H,10H2,1-2H3. The molecule has 0 fully saturated rings. The van der Waals surface area contributed by atoms with Crippen molar-refractivity contribution in [2.75, 3.05) is 13.9 Å². The number of ether oxygens (including phenoxy) is 4. The van der Waals surface area contributed by atoms with Gasteiger partial charge in [0.1, 0.15) is 5.75 Å². The van der Waals surface area contributed by atoms with Crippen LogP contribution in [0.2, 0.25) is 0 Å². The first kappa shape index (κ1) is 15.5. The van der Waals surface area contributed by atoms with Crippen LogP contribution >= 0.6 is 0 Å². The fraction of sp³-hybridized carbons (Fsp3) is 0.211. The van der Waals surface area contributed by atoms with Gasteiger partial charge in [0.15, 0.2) is 11.5 Å². The number of hydrogen-bond donors (Lipinski definition) is 1. The number of methoxy groups -OCH3 is 1. The van der Waals surface area contributed by atoms with Crippen LogP contribution in [0.3, 0.4) is 0 Å². The van der Waals surface area contributed by atoms with Gasteiger partial charge in [0.25, 0.3) is 5.79 Å². The molecule has 0 spiro atoms. The van der Waals surface area contributed by atoms with Gasteiger partial charge in [-0.3, -0.25) is 0 Å². The summed E-state index contributed by atoms with van der Waals surface area (Å²) in [5.41, 5.74) is 1.80. The molecule has 0 bridgehead atoms. The summed E-state index contributed by atoms with van der Waals surface area (Å²) in [6.07, 6.45) is 0. The minimum absolute atomic E-state index is 0.150. The van der Waals surface area contributed by atoms with Gasteiger partial charge >= 0.3 is 5.97 Å². The lowest BCUT2D eigenvalue weighted by Crippen LogP contribution is -2.27. The molecule has 4 rings (SSSR count). The number of hydrogen-bond acceptors (Lipinski definition) is 6. The van der Waals surface area contributed by atoms with Crippen LogP contribution in [0.1, 0.15) is 18.1 Å². The number of fused-ring (bicyclic) bond motifs is 1. The van der Waals surface area contributed by atoms with Crippen molar-refractivity contribution >= 4 is 11.5 Å². The third-order valence-electron chi connectivity index (χ3n) is 4.47. The lowest BCUT2D eigenvalue weighted by Gasteiger charge is -2.23. The van der Waals surface area contributed by atoms with Crippen LogP contribution < -0.4 is 14.2 Å². The zero-order valence-corrected chi connectivity index (χ0v) is 13.7. The molecule has 2 aliphatic heterocycles. The quantitative estimate of drug-likeness (QED) is 0.866. The normalized spacial score (nSPS) is 21.5. The molecule has 0 aromatic heterocycles. The fourth-order valence-corrected chi connectivity index (χ4v) is 3.06. The van der Waals surface area contributed by atoms with Crippen LogP contribution in [-0.2, 0) is 15.3 Å². The summed E-state index contributed by atoms with van der Waals surface area (Å²) < 4.78 is 21.1. The Hall–Kier alpha value is -2.99. The van der Waals surface area contributed by atoms with Crippen LogP contribution in [0.4, 0.5) is 0 Å². The van der Waals surface area contributed by atoms with E-state index >= 15 is 0 Å². The summed E-state index contributed by atoms with van der Waals surface area (Å²) in [6.45, 7) is 1.83. The summed E-state index contributed by atoms with van der Waals surface area (Å²) in [4.78, 5) is 12.5. The van der Waals surface area contributed by atoms with E-state index in [1.54, 1.807) is 56.5 Å². The Labute approximate surface area is 144 Å². The molecule has 0 amide bonds. The fourth-order valence-electron chi connectivity index (χ4n) is 3.06. The highest BCUT2D eigenvalue weighted by Crippen LogP contribution is 2.44. The molecule has 1 N–H and O–H groups in total. The summed E-state index contributed by atoms with van der Waals surface area (Å²) in [6, 6.07) is 11.9. The Morgan fingerprint density at radius 3 is 2.52 bits per heavy atom. The van der Waals surface area contributed by atoms with Crippen molar-refractivity contribution in [1.82, 2.24) is 0 Å². The van der Waals surface area contributed by atoms with Crippen molar-refractivity contribution in [1.29, 1.82) is 0 Å². The topological polar surface area (TPSA) is 74.2 Å². The lowest BCUT2D eigenvalue weighted by atomic mass is 9.93. The molecule has 1 atom stereocenters. The Morgan fingerprint density at radius 1 is 1.08 bits per heavy atom. The van der Waals surface area contributed by atoms with Crippen LogP contribution in [-0.4, -0.2) is 25.0 Å². The maximum absolute atomic E-state index is 12.5. The second-order valence-electron chi connectivity index (χ2n) is 5.83. The second-order valence-corrected chi connectivity index (χ2v) is 5.83. The highest BCUT2D eigenvalue weighted by atomic mass is 16.7. The second kappa shape index (κ2) is 5.53. The highest BCUT2D eigenvalue weighted by molar-refractivity contribution is 6.20. The highest BCUT2D eigenvalue weighted by Gasteiger charge is 2.46. The summed E-state index contributed by atoms with van der Waals surface area (Å²) in [5, 5.41) is 11.0. The zero-order chi connectivity index (χ0) is 17.6. The zero-order valence-electron chi connectivity index (χ0n) is 13.7. The number of benzene rings is 2. The minimum atomic E-state index is -1.81. The van der Waals surface area contributed by atoms with Gasteiger partial charge in [-0.25, -0.2) is 4.79 Å². The number of cyclic esters (lactones) is 1. The predicted molar refractivity (Wildman–Crippen MR) is 88.1 cm³/mol. The van der Waals surface area contributed by atoms with Crippen LogP contribution in [0.25, 0.3) is 5.57 Å². The molecule has 6 nitrogen and oxygen atoms in total. The molecular weight excluding hydrogens is 324 g/mol. The summed E-state index contributed by atoms with van der Waals surface area (Å²) >= 11 is 0. The first-order valence-corrected chi connectivity index (χ1v) is 7.74. The third-order valence-corrected chi connectivity index (χ3v) is 4.47. The van der Waals surface area contributed by atoms with E-state index in [4.69, 9.17) is 18.9 Å². The van der Waals surface area contributed by atoms with E-state index in [1.807, 2.05) is 0 Å². The van der Waals surface area contributed by atoms with Gasteiger partial charge < -0.3 is 24.1 Å². The third kappa shape index (κ3) is 2.34. The predicted octanol–water partition coefficient (Wildman–Crippen LogP) is 2.60. The van der Waals surface area contributed by atoms with E-state index in [0.29, 0.717) is 39.5 Å². The first-order valence-electron chi connectivity index (χ1n) is 7.74. The largest absolute Gasteiger partial charge is 0.497 e. The first-order chi connectivity index (χ1) is 12.0. The van der Waals surface area contributed by atoms with Gasteiger partial charge in [0, 0.05) is 11.1 Å². The average Bonchev–Trinajstić information content (AvgIpc) is 3.17. The van der Waals surface area contributed by atoms with Crippen LogP contribution in [0.5, 0.6) is 17.2 Å². The van der Waals surface area contributed by atoms with Crippen molar-refractivity contribution in [3.63, 3.8) is 0 Å². The maximum Gasteiger partial charge on any atom is 0.341 e. The van der Waals surface area contributed by atoms with E-state index in [0.717, 1.165) is 0 Å². The van der Waals surface area contributed by atoms with Gasteiger partial charge in [-0.15, -0.1) is 0 Å². The minimum Gasteiger partial charge on any atom is -0.497 e. The number of esters is 1. The Kier molecular flexibility index (Phi) is 3.43. The van der Waals surface area contributed by atoms with Crippen LogP contribution in [0, 0.1) is 0 Å². The molecule has 6 heteroatoms. The van der Waals surface area contributed by atoms with Crippen LogP contribution in [0.15, 0.2) is 48.0 Å². The van der Waals surface area contributed by atoms with E-state index in [9.17, 15) is 9.90 Å². The van der Waals surface area contributed by atoms with Crippen molar-refractivity contribution in [3.8, 4) is 17.2 Å². The molecule has 1 unspecified atom stereocenters. The van der Waals surface area contributed by atoms with Gasteiger partial charge in [0.2, 0.25) is 6.79 Å². The van der Waals surface area contributed by atoms with E-state index < -0.39 is 11.8 Å².